The number of carbonyl (C=O) groups is 2. The first-order valence-electron chi connectivity index (χ1n) is 8.44. The molecule has 138 valence electrons. The number of hydrogen-bond acceptors (Lipinski definition) is 3. The highest BCUT2D eigenvalue weighted by atomic mass is 35.5. The molecule has 4 unspecified atom stereocenters. The van der Waals surface area contributed by atoms with Crippen LogP contribution in [0.2, 0.25) is 5.02 Å². The summed E-state index contributed by atoms with van der Waals surface area (Å²) in [6, 6.07) is 7.35. The number of amides is 2. The van der Waals surface area contributed by atoms with E-state index in [-0.39, 0.29) is 48.6 Å². The van der Waals surface area contributed by atoms with Gasteiger partial charge in [0.1, 0.15) is 0 Å². The predicted octanol–water partition coefficient (Wildman–Crippen LogP) is 2.48. The van der Waals surface area contributed by atoms with Crippen LogP contribution in [0.4, 0.5) is 0 Å². The zero-order valence-electron chi connectivity index (χ0n) is 14.5. The van der Waals surface area contributed by atoms with Crippen LogP contribution in [0.25, 0.3) is 0 Å². The molecule has 0 spiro atoms. The molecule has 1 aromatic rings. The average molecular weight is 386 g/mol. The van der Waals surface area contributed by atoms with Crippen molar-refractivity contribution >= 4 is 35.8 Å². The van der Waals surface area contributed by atoms with Crippen molar-refractivity contribution in [2.45, 2.75) is 31.8 Å². The Kier molecular flexibility index (Phi) is 6.35. The lowest BCUT2D eigenvalue weighted by Gasteiger charge is -2.30. The number of rotatable bonds is 3. The van der Waals surface area contributed by atoms with E-state index in [1.807, 2.05) is 23.1 Å². The molecule has 0 bridgehead atoms. The third-order valence-electron chi connectivity index (χ3n) is 5.37. The van der Waals surface area contributed by atoms with E-state index in [4.69, 9.17) is 17.3 Å². The Morgan fingerprint density at radius 1 is 1.40 bits per heavy atom. The van der Waals surface area contributed by atoms with Crippen molar-refractivity contribution in [1.82, 2.24) is 9.80 Å². The fourth-order valence-electron chi connectivity index (χ4n) is 4.07. The van der Waals surface area contributed by atoms with Crippen LogP contribution >= 0.6 is 24.0 Å². The van der Waals surface area contributed by atoms with E-state index in [0.717, 1.165) is 12.0 Å². The lowest BCUT2D eigenvalue weighted by Crippen LogP contribution is -2.40. The van der Waals surface area contributed by atoms with Gasteiger partial charge in [-0.25, -0.2) is 0 Å². The molecule has 2 saturated heterocycles. The molecule has 2 N–H and O–H groups in total. The van der Waals surface area contributed by atoms with Crippen molar-refractivity contribution in [3.05, 3.63) is 34.9 Å². The molecule has 2 amide bonds. The highest BCUT2D eigenvalue weighted by molar-refractivity contribution is 6.30. The van der Waals surface area contributed by atoms with Gasteiger partial charge in [-0.3, -0.25) is 9.59 Å². The third kappa shape index (κ3) is 3.78. The minimum absolute atomic E-state index is 0. The summed E-state index contributed by atoms with van der Waals surface area (Å²) >= 11 is 6.11. The molecule has 2 fully saturated rings. The van der Waals surface area contributed by atoms with E-state index in [9.17, 15) is 9.59 Å². The first-order valence-corrected chi connectivity index (χ1v) is 8.81. The predicted molar refractivity (Wildman–Crippen MR) is 101 cm³/mol. The SMILES string of the molecule is CC1CC(CN)CN1C(=O)C1CC(=O)N(C)C1c1cccc(Cl)c1.Cl. The second kappa shape index (κ2) is 7.94. The molecule has 3 rings (SSSR count). The third-order valence-corrected chi connectivity index (χ3v) is 5.61. The molecule has 25 heavy (non-hydrogen) atoms. The second-order valence-electron chi connectivity index (χ2n) is 6.99. The largest absolute Gasteiger partial charge is 0.339 e. The number of halogens is 2. The Balaban J connectivity index is 0.00000225. The molecule has 2 aliphatic heterocycles. The van der Waals surface area contributed by atoms with Crippen molar-refractivity contribution in [2.24, 2.45) is 17.6 Å². The standard InChI is InChI=1S/C18H24ClN3O2.ClH/c1-11-6-12(9-20)10-22(11)18(24)15-8-16(23)21(2)17(15)13-4-3-5-14(19)7-13;/h3-5,7,11-12,15,17H,6,8-10,20H2,1-2H3;1H. The molecule has 0 saturated carbocycles. The van der Waals surface area contributed by atoms with Crippen molar-refractivity contribution in [1.29, 1.82) is 0 Å². The number of nitrogens with two attached hydrogens (primary N) is 1. The Morgan fingerprint density at radius 3 is 2.72 bits per heavy atom. The molecule has 2 aliphatic rings. The van der Waals surface area contributed by atoms with Crippen LogP contribution in [0.3, 0.4) is 0 Å². The Morgan fingerprint density at radius 2 is 2.12 bits per heavy atom. The van der Waals surface area contributed by atoms with Gasteiger partial charge >= 0.3 is 0 Å². The molecule has 0 aliphatic carbocycles. The average Bonchev–Trinajstić information content (AvgIpc) is 3.07. The van der Waals surface area contributed by atoms with Crippen LogP contribution in [0, 0.1) is 11.8 Å². The van der Waals surface area contributed by atoms with Gasteiger partial charge in [0.05, 0.1) is 12.0 Å². The Bertz CT molecular complexity index is 655. The quantitative estimate of drug-likeness (QED) is 0.868. The highest BCUT2D eigenvalue weighted by Crippen LogP contribution is 2.40. The molecule has 0 aromatic heterocycles. The highest BCUT2D eigenvalue weighted by Gasteiger charge is 2.46. The van der Waals surface area contributed by atoms with Gasteiger partial charge in [0.2, 0.25) is 11.8 Å². The van der Waals surface area contributed by atoms with E-state index in [1.165, 1.54) is 0 Å². The first-order chi connectivity index (χ1) is 11.4. The van der Waals surface area contributed by atoms with Crippen LogP contribution in [-0.2, 0) is 9.59 Å². The molecule has 5 nitrogen and oxygen atoms in total. The van der Waals surface area contributed by atoms with Gasteiger partial charge in [-0.2, -0.15) is 0 Å². The topological polar surface area (TPSA) is 66.6 Å². The summed E-state index contributed by atoms with van der Waals surface area (Å²) in [6.45, 7) is 3.34. The fourth-order valence-corrected chi connectivity index (χ4v) is 4.27. The van der Waals surface area contributed by atoms with Gasteiger partial charge in [0.15, 0.2) is 0 Å². The summed E-state index contributed by atoms with van der Waals surface area (Å²) in [4.78, 5) is 29.0. The maximum absolute atomic E-state index is 13.2. The van der Waals surface area contributed by atoms with E-state index in [2.05, 4.69) is 6.92 Å². The second-order valence-corrected chi connectivity index (χ2v) is 7.43. The zero-order valence-corrected chi connectivity index (χ0v) is 16.1. The lowest BCUT2D eigenvalue weighted by molar-refractivity contribution is -0.137. The number of hydrogen-bond donors (Lipinski definition) is 1. The van der Waals surface area contributed by atoms with Crippen molar-refractivity contribution in [3.63, 3.8) is 0 Å². The maximum atomic E-state index is 13.2. The summed E-state index contributed by atoms with van der Waals surface area (Å²) in [5.74, 6) is 0.0463. The first kappa shape index (κ1) is 20.0. The van der Waals surface area contributed by atoms with Gasteiger partial charge in [-0.1, -0.05) is 23.7 Å². The Hall–Kier alpha value is -1.30. The molecular weight excluding hydrogens is 361 g/mol. The lowest BCUT2D eigenvalue weighted by atomic mass is 9.92. The van der Waals surface area contributed by atoms with Crippen molar-refractivity contribution < 1.29 is 9.59 Å². The molecule has 4 atom stereocenters. The van der Waals surface area contributed by atoms with E-state index in [1.54, 1.807) is 18.0 Å². The zero-order chi connectivity index (χ0) is 17.4. The summed E-state index contributed by atoms with van der Waals surface area (Å²) in [6.07, 6.45) is 1.18. The van der Waals surface area contributed by atoms with E-state index < -0.39 is 0 Å². The minimum Gasteiger partial charge on any atom is -0.339 e. The van der Waals surface area contributed by atoms with Crippen molar-refractivity contribution in [2.75, 3.05) is 20.1 Å². The summed E-state index contributed by atoms with van der Waals surface area (Å²) in [5.41, 5.74) is 6.69. The normalized spacial score (nSPS) is 29.0. The van der Waals surface area contributed by atoms with Gasteiger partial charge in [0, 0.05) is 31.1 Å². The number of benzene rings is 1. The minimum atomic E-state index is -0.361. The summed E-state index contributed by atoms with van der Waals surface area (Å²) < 4.78 is 0. The monoisotopic (exact) mass is 385 g/mol. The van der Waals surface area contributed by atoms with Crippen LogP contribution in [0.15, 0.2) is 24.3 Å². The smallest absolute Gasteiger partial charge is 0.228 e. The maximum Gasteiger partial charge on any atom is 0.228 e. The molecular formula is C18H25Cl2N3O2. The fraction of sp³-hybridized carbons (Fsp3) is 0.556. The number of likely N-dealkylation sites (tertiary alicyclic amines) is 2. The van der Waals surface area contributed by atoms with E-state index in [0.29, 0.717) is 24.0 Å². The summed E-state index contributed by atoms with van der Waals surface area (Å²) in [7, 11) is 1.76. The summed E-state index contributed by atoms with van der Waals surface area (Å²) in [5, 5.41) is 0.615. The molecule has 2 heterocycles. The van der Waals surface area contributed by atoms with E-state index >= 15 is 0 Å². The Labute approximate surface area is 159 Å². The number of nitrogens with zero attached hydrogens (tertiary/aromatic N) is 2. The van der Waals surface area contributed by atoms with Crippen LogP contribution in [0.1, 0.15) is 31.4 Å². The van der Waals surface area contributed by atoms with Gasteiger partial charge < -0.3 is 15.5 Å². The molecule has 7 heteroatoms. The van der Waals surface area contributed by atoms with Gasteiger partial charge in [0.25, 0.3) is 0 Å². The molecule has 0 radical (unpaired) electrons. The molecule has 1 aromatic carbocycles. The van der Waals surface area contributed by atoms with Crippen LogP contribution < -0.4 is 5.73 Å². The van der Waals surface area contributed by atoms with Crippen molar-refractivity contribution in [3.8, 4) is 0 Å². The van der Waals surface area contributed by atoms with Gasteiger partial charge in [-0.15, -0.1) is 12.4 Å². The number of carbonyl (C=O) groups excluding carboxylic acids is 2. The van der Waals surface area contributed by atoms with Crippen LogP contribution in [0.5, 0.6) is 0 Å². The van der Waals surface area contributed by atoms with Gasteiger partial charge in [-0.05, 0) is 43.5 Å². The van der Waals surface area contributed by atoms with Crippen LogP contribution in [-0.4, -0.2) is 47.8 Å².